The van der Waals surface area contributed by atoms with Gasteiger partial charge in [0.2, 0.25) is 5.78 Å². The lowest BCUT2D eigenvalue weighted by Crippen LogP contribution is -2.29. The van der Waals surface area contributed by atoms with Crippen molar-refractivity contribution in [2.24, 2.45) is 0 Å². The first-order valence-electron chi connectivity index (χ1n) is 8.72. The van der Waals surface area contributed by atoms with Crippen LogP contribution < -0.4 is 5.32 Å². The van der Waals surface area contributed by atoms with Crippen LogP contribution in [0.4, 0.5) is 0 Å². The van der Waals surface area contributed by atoms with E-state index >= 15 is 0 Å². The Morgan fingerprint density at radius 2 is 1.56 bits per heavy atom. The van der Waals surface area contributed by atoms with Crippen LogP contribution >= 0.6 is 0 Å². The van der Waals surface area contributed by atoms with Gasteiger partial charge in [0, 0.05) is 17.7 Å². The zero-order chi connectivity index (χ0) is 19.0. The van der Waals surface area contributed by atoms with E-state index < -0.39 is 5.91 Å². The highest BCUT2D eigenvalue weighted by Gasteiger charge is 2.38. The van der Waals surface area contributed by atoms with Crippen molar-refractivity contribution in [2.45, 2.75) is 13.3 Å². The molecule has 1 aliphatic carbocycles. The van der Waals surface area contributed by atoms with Gasteiger partial charge in [-0.1, -0.05) is 54.6 Å². The summed E-state index contributed by atoms with van der Waals surface area (Å²) >= 11 is 0. The lowest BCUT2D eigenvalue weighted by Gasteiger charge is -2.13. The molecule has 0 unspecified atom stereocenters. The fraction of sp³-hybridized carbons (Fsp3) is 0.136. The van der Waals surface area contributed by atoms with Gasteiger partial charge in [-0.15, -0.1) is 0 Å². The summed E-state index contributed by atoms with van der Waals surface area (Å²) in [6, 6.07) is 16.4. The number of carbonyl (C=O) groups is 3. The summed E-state index contributed by atoms with van der Waals surface area (Å²) in [5.74, 6) is -0.915. The molecule has 5 heteroatoms. The molecular formula is C22H17NO4. The Balaban J connectivity index is 1.61. The topological polar surface area (TPSA) is 76.4 Å². The van der Waals surface area contributed by atoms with Gasteiger partial charge in [-0.25, -0.2) is 0 Å². The zero-order valence-corrected chi connectivity index (χ0v) is 14.7. The SMILES string of the molecule is Cc1oc2c(c1C(=O)NCCc1ccccc1)C(=O)c1ccccc1C2=O. The molecule has 1 aromatic heterocycles. The molecule has 0 fully saturated rings. The molecule has 0 radical (unpaired) electrons. The molecule has 0 bridgehead atoms. The quantitative estimate of drug-likeness (QED) is 0.606. The number of amides is 1. The van der Waals surface area contributed by atoms with Crippen LogP contribution in [0.25, 0.3) is 0 Å². The van der Waals surface area contributed by atoms with Crippen molar-refractivity contribution in [1.82, 2.24) is 5.32 Å². The lowest BCUT2D eigenvalue weighted by molar-refractivity contribution is 0.0938. The Bertz CT molecular complexity index is 1060. The third-order valence-corrected chi connectivity index (χ3v) is 4.70. The molecule has 1 amide bonds. The molecule has 4 rings (SSSR count). The highest BCUT2D eigenvalue weighted by atomic mass is 16.4. The predicted octanol–water partition coefficient (Wildman–Crippen LogP) is 3.34. The first kappa shape index (κ1) is 17.0. The maximum Gasteiger partial charge on any atom is 0.255 e. The third-order valence-electron chi connectivity index (χ3n) is 4.70. The molecule has 0 aliphatic heterocycles. The van der Waals surface area contributed by atoms with Crippen molar-refractivity contribution < 1.29 is 18.8 Å². The van der Waals surface area contributed by atoms with E-state index in [4.69, 9.17) is 4.42 Å². The molecule has 1 N–H and O–H groups in total. The van der Waals surface area contributed by atoms with Gasteiger partial charge in [-0.3, -0.25) is 14.4 Å². The van der Waals surface area contributed by atoms with Gasteiger partial charge < -0.3 is 9.73 Å². The Hall–Kier alpha value is -3.47. The van der Waals surface area contributed by atoms with Gasteiger partial charge in [0.15, 0.2) is 11.5 Å². The smallest absolute Gasteiger partial charge is 0.255 e. The fourth-order valence-corrected chi connectivity index (χ4v) is 3.38. The van der Waals surface area contributed by atoms with E-state index in [1.807, 2.05) is 30.3 Å². The molecule has 5 nitrogen and oxygen atoms in total. The average Bonchev–Trinajstić information content (AvgIpc) is 3.04. The van der Waals surface area contributed by atoms with Gasteiger partial charge in [0.1, 0.15) is 5.76 Å². The van der Waals surface area contributed by atoms with Gasteiger partial charge in [0.25, 0.3) is 5.91 Å². The Morgan fingerprint density at radius 1 is 0.926 bits per heavy atom. The predicted molar refractivity (Wildman–Crippen MR) is 99.2 cm³/mol. The molecule has 134 valence electrons. The maximum atomic E-state index is 12.9. The number of furan rings is 1. The first-order chi connectivity index (χ1) is 13.1. The van der Waals surface area contributed by atoms with E-state index in [0.29, 0.717) is 24.1 Å². The van der Waals surface area contributed by atoms with Crippen LogP contribution in [0.15, 0.2) is 59.0 Å². The average molecular weight is 359 g/mol. The second-order valence-corrected chi connectivity index (χ2v) is 6.43. The van der Waals surface area contributed by atoms with Crippen LogP contribution in [-0.4, -0.2) is 24.0 Å². The zero-order valence-electron chi connectivity index (χ0n) is 14.7. The lowest BCUT2D eigenvalue weighted by atomic mass is 9.86. The molecule has 3 aromatic rings. The highest BCUT2D eigenvalue weighted by Crippen LogP contribution is 2.33. The molecule has 0 saturated heterocycles. The van der Waals surface area contributed by atoms with Crippen LogP contribution in [-0.2, 0) is 6.42 Å². The standard InChI is InChI=1S/C22H17NO4/c1-13-17(22(26)23-12-11-14-7-3-2-4-8-14)18-19(24)15-9-5-6-10-16(15)20(25)21(18)27-13/h2-10H,11-12H2,1H3,(H,23,26). The minimum atomic E-state index is -0.408. The number of fused-ring (bicyclic) bond motifs is 2. The molecule has 1 aliphatic rings. The largest absolute Gasteiger partial charge is 0.456 e. The molecule has 2 aromatic carbocycles. The van der Waals surface area contributed by atoms with Crippen LogP contribution in [0.5, 0.6) is 0 Å². The van der Waals surface area contributed by atoms with Crippen LogP contribution in [0.3, 0.4) is 0 Å². The number of carbonyl (C=O) groups excluding carboxylic acids is 3. The minimum Gasteiger partial charge on any atom is -0.456 e. The number of rotatable bonds is 4. The summed E-state index contributed by atoms with van der Waals surface area (Å²) in [6.45, 7) is 2.01. The van der Waals surface area contributed by atoms with Gasteiger partial charge in [-0.2, -0.15) is 0 Å². The monoisotopic (exact) mass is 359 g/mol. The highest BCUT2D eigenvalue weighted by molar-refractivity contribution is 6.30. The number of hydrogen-bond acceptors (Lipinski definition) is 4. The molecule has 0 spiro atoms. The van der Waals surface area contributed by atoms with Crippen molar-refractivity contribution in [3.63, 3.8) is 0 Å². The summed E-state index contributed by atoms with van der Waals surface area (Å²) in [7, 11) is 0. The number of aryl methyl sites for hydroxylation is 1. The maximum absolute atomic E-state index is 12.9. The summed E-state index contributed by atoms with van der Waals surface area (Å²) in [6.07, 6.45) is 0.668. The van der Waals surface area contributed by atoms with E-state index in [1.54, 1.807) is 31.2 Å². The Labute approximate surface area is 156 Å². The van der Waals surface area contributed by atoms with E-state index in [0.717, 1.165) is 5.56 Å². The van der Waals surface area contributed by atoms with Crippen molar-refractivity contribution in [1.29, 1.82) is 0 Å². The Morgan fingerprint density at radius 3 is 2.26 bits per heavy atom. The molecule has 27 heavy (non-hydrogen) atoms. The van der Waals surface area contributed by atoms with Crippen LogP contribution in [0.2, 0.25) is 0 Å². The van der Waals surface area contributed by atoms with Crippen LogP contribution in [0, 0.1) is 6.92 Å². The summed E-state index contributed by atoms with van der Waals surface area (Å²) < 4.78 is 5.53. The summed E-state index contributed by atoms with van der Waals surface area (Å²) in [5, 5.41) is 2.82. The van der Waals surface area contributed by atoms with Crippen molar-refractivity contribution in [3.8, 4) is 0 Å². The van der Waals surface area contributed by atoms with Crippen molar-refractivity contribution in [2.75, 3.05) is 6.54 Å². The van der Waals surface area contributed by atoms with Crippen molar-refractivity contribution in [3.05, 3.63) is 93.9 Å². The van der Waals surface area contributed by atoms with Gasteiger partial charge >= 0.3 is 0 Å². The van der Waals surface area contributed by atoms with Crippen LogP contribution in [0.1, 0.15) is 53.7 Å². The van der Waals surface area contributed by atoms with E-state index in [9.17, 15) is 14.4 Å². The molecule has 0 atom stereocenters. The number of benzene rings is 2. The minimum absolute atomic E-state index is 0.0515. The second-order valence-electron chi connectivity index (χ2n) is 6.43. The fourth-order valence-electron chi connectivity index (χ4n) is 3.38. The number of ketones is 2. The number of hydrogen-bond donors (Lipinski definition) is 1. The molecular weight excluding hydrogens is 342 g/mol. The van der Waals surface area contributed by atoms with Gasteiger partial charge in [-0.05, 0) is 18.9 Å². The first-order valence-corrected chi connectivity index (χ1v) is 8.72. The molecule has 0 saturated carbocycles. The second kappa shape index (κ2) is 6.68. The molecule has 1 heterocycles. The Kier molecular flexibility index (Phi) is 4.20. The van der Waals surface area contributed by atoms with Gasteiger partial charge in [0.05, 0.1) is 11.1 Å². The number of nitrogens with one attached hydrogen (secondary N) is 1. The van der Waals surface area contributed by atoms with E-state index in [2.05, 4.69) is 5.32 Å². The van der Waals surface area contributed by atoms with E-state index in [1.165, 1.54) is 0 Å². The normalized spacial score (nSPS) is 12.5. The third kappa shape index (κ3) is 2.87. The van der Waals surface area contributed by atoms with E-state index in [-0.39, 0.29) is 34.2 Å². The summed E-state index contributed by atoms with van der Waals surface area (Å²) in [5.41, 5.74) is 1.91. The summed E-state index contributed by atoms with van der Waals surface area (Å²) in [4.78, 5) is 38.3. The van der Waals surface area contributed by atoms with Crippen molar-refractivity contribution >= 4 is 17.5 Å².